The maximum atomic E-state index is 13.7. The van der Waals surface area contributed by atoms with Crippen molar-refractivity contribution in [2.24, 2.45) is 0 Å². The van der Waals surface area contributed by atoms with Crippen molar-refractivity contribution >= 4 is 11.7 Å². The van der Waals surface area contributed by atoms with E-state index in [0.717, 1.165) is 33.7 Å². The number of nitrogens with one attached hydrogen (secondary N) is 1. The summed E-state index contributed by atoms with van der Waals surface area (Å²) in [6, 6.07) is 11.0. The number of phenols is 1. The van der Waals surface area contributed by atoms with E-state index in [-0.39, 0.29) is 23.4 Å². The number of benzene rings is 2. The predicted octanol–water partition coefficient (Wildman–Crippen LogP) is 5.06. The van der Waals surface area contributed by atoms with Crippen molar-refractivity contribution in [2.45, 2.75) is 38.5 Å². The van der Waals surface area contributed by atoms with Crippen molar-refractivity contribution < 1.29 is 28.6 Å². The first kappa shape index (κ1) is 22.8. The minimum Gasteiger partial charge on any atom is -0.504 e. The third kappa shape index (κ3) is 3.88. The number of hydrogen-bond donors (Lipinski definition) is 2. The first-order valence-corrected chi connectivity index (χ1v) is 11.6. The van der Waals surface area contributed by atoms with Crippen LogP contribution in [0.4, 0.5) is 5.88 Å². The van der Waals surface area contributed by atoms with Gasteiger partial charge in [0.2, 0.25) is 5.88 Å². The predicted molar refractivity (Wildman–Crippen MR) is 130 cm³/mol. The fourth-order valence-corrected chi connectivity index (χ4v) is 5.13. The Kier molecular flexibility index (Phi) is 5.88. The largest absolute Gasteiger partial charge is 0.504 e. The Morgan fingerprint density at radius 3 is 2.54 bits per heavy atom. The highest BCUT2D eigenvalue weighted by Crippen LogP contribution is 2.50. The maximum Gasteiger partial charge on any atom is 0.233 e. The molecule has 1 aromatic heterocycles. The molecule has 0 fully saturated rings. The van der Waals surface area contributed by atoms with E-state index in [2.05, 4.69) is 10.5 Å². The van der Waals surface area contributed by atoms with Crippen molar-refractivity contribution in [2.75, 3.05) is 26.1 Å². The molecule has 0 saturated carbocycles. The highest BCUT2D eigenvalue weighted by molar-refractivity contribution is 6.01. The fourth-order valence-electron chi connectivity index (χ4n) is 5.13. The summed E-state index contributed by atoms with van der Waals surface area (Å²) < 4.78 is 22.2. The van der Waals surface area contributed by atoms with E-state index in [9.17, 15) is 9.90 Å². The summed E-state index contributed by atoms with van der Waals surface area (Å²) in [6.45, 7) is 4.30. The van der Waals surface area contributed by atoms with Gasteiger partial charge in [0.1, 0.15) is 0 Å². The first-order chi connectivity index (χ1) is 16.9. The Hall–Kier alpha value is -3.94. The molecule has 8 heteroatoms. The highest BCUT2D eigenvalue weighted by atomic mass is 16.5. The molecule has 0 unspecified atom stereocenters. The highest BCUT2D eigenvalue weighted by Gasteiger charge is 2.41. The number of phenolic OH excluding ortho intramolecular Hbond substituents is 1. The number of hydrogen-bond acceptors (Lipinski definition) is 8. The quantitative estimate of drug-likeness (QED) is 0.509. The van der Waals surface area contributed by atoms with Crippen LogP contribution in [0, 0.1) is 6.92 Å². The van der Waals surface area contributed by atoms with Crippen LogP contribution >= 0.6 is 0 Å². The molecule has 2 aliphatic rings. The second-order valence-electron chi connectivity index (χ2n) is 8.76. The number of Topliss-reactive ketones (excluding diaryl/α,β-unsaturated/α-hetero) is 1. The Morgan fingerprint density at radius 2 is 1.80 bits per heavy atom. The molecule has 0 bridgehead atoms. The number of nitrogens with zero attached hydrogens (tertiary/aromatic N) is 1. The number of aromatic hydroxyl groups is 1. The van der Waals surface area contributed by atoms with E-state index in [1.54, 1.807) is 19.2 Å². The van der Waals surface area contributed by atoms with E-state index in [0.29, 0.717) is 42.6 Å². The topological polar surface area (TPSA) is 103 Å². The zero-order chi connectivity index (χ0) is 24.7. The molecule has 2 heterocycles. The second-order valence-corrected chi connectivity index (χ2v) is 8.76. The Balaban J connectivity index is 1.60. The second kappa shape index (κ2) is 9.02. The van der Waals surface area contributed by atoms with Gasteiger partial charge in [0.25, 0.3) is 0 Å². The van der Waals surface area contributed by atoms with Crippen molar-refractivity contribution in [3.63, 3.8) is 0 Å². The summed E-state index contributed by atoms with van der Waals surface area (Å²) in [5.74, 6) is 1.93. The lowest BCUT2D eigenvalue weighted by Crippen LogP contribution is -2.29. The normalized spacial score (nSPS) is 19.0. The van der Waals surface area contributed by atoms with Crippen LogP contribution in [0.5, 0.6) is 23.0 Å². The zero-order valence-corrected chi connectivity index (χ0v) is 20.2. The SMILES string of the molecule is CCOc1cc([C@H]2C3=C(C[C@H](c4ccc(O)c(OC)c4)CC3=O)Nc3onc(C)c32)ccc1OC. The lowest BCUT2D eigenvalue weighted by molar-refractivity contribution is -0.116. The molecule has 0 saturated heterocycles. The smallest absolute Gasteiger partial charge is 0.233 e. The number of fused-ring (bicyclic) bond motifs is 1. The van der Waals surface area contributed by atoms with Gasteiger partial charge in [0.05, 0.1) is 32.1 Å². The minimum absolute atomic E-state index is 0.0563. The number of carbonyl (C=O) groups is 1. The lowest BCUT2D eigenvalue weighted by atomic mass is 9.72. The Labute approximate surface area is 203 Å². The number of carbonyl (C=O) groups excluding carboxylic acids is 1. The number of aryl methyl sites for hydroxylation is 1. The summed E-state index contributed by atoms with van der Waals surface area (Å²) in [6.07, 6.45) is 0.957. The third-order valence-corrected chi connectivity index (χ3v) is 6.75. The maximum absolute atomic E-state index is 13.7. The molecule has 35 heavy (non-hydrogen) atoms. The molecular weight excluding hydrogens is 448 g/mol. The van der Waals surface area contributed by atoms with Crippen molar-refractivity contribution in [3.8, 4) is 23.0 Å². The number of aromatic nitrogens is 1. The van der Waals surface area contributed by atoms with Gasteiger partial charge in [0, 0.05) is 23.6 Å². The molecule has 1 aliphatic heterocycles. The van der Waals surface area contributed by atoms with Crippen LogP contribution in [0.25, 0.3) is 0 Å². The average molecular weight is 477 g/mol. The van der Waals surface area contributed by atoms with Crippen LogP contribution in [-0.2, 0) is 4.79 Å². The van der Waals surface area contributed by atoms with E-state index < -0.39 is 0 Å². The van der Waals surface area contributed by atoms with Crippen molar-refractivity contribution in [1.29, 1.82) is 0 Å². The molecule has 2 aromatic carbocycles. The van der Waals surface area contributed by atoms with Crippen LogP contribution in [0.2, 0.25) is 0 Å². The molecule has 1 aliphatic carbocycles. The molecule has 182 valence electrons. The Morgan fingerprint density at radius 1 is 1.06 bits per heavy atom. The molecule has 5 rings (SSSR count). The monoisotopic (exact) mass is 476 g/mol. The van der Waals surface area contributed by atoms with Gasteiger partial charge in [0.15, 0.2) is 28.8 Å². The number of ether oxygens (including phenoxy) is 3. The van der Waals surface area contributed by atoms with Crippen LogP contribution < -0.4 is 19.5 Å². The molecule has 0 spiro atoms. The van der Waals surface area contributed by atoms with E-state index in [1.165, 1.54) is 7.11 Å². The van der Waals surface area contributed by atoms with E-state index >= 15 is 0 Å². The molecular formula is C27H28N2O6. The van der Waals surface area contributed by atoms with Crippen LogP contribution in [0.15, 0.2) is 52.2 Å². The van der Waals surface area contributed by atoms with Gasteiger partial charge in [-0.25, -0.2) is 0 Å². The molecule has 0 amide bonds. The number of rotatable bonds is 6. The first-order valence-electron chi connectivity index (χ1n) is 11.6. The molecule has 2 atom stereocenters. The van der Waals surface area contributed by atoms with E-state index in [1.807, 2.05) is 38.1 Å². The van der Waals surface area contributed by atoms with Gasteiger partial charge in [-0.1, -0.05) is 17.3 Å². The summed E-state index contributed by atoms with van der Waals surface area (Å²) in [7, 11) is 3.12. The summed E-state index contributed by atoms with van der Waals surface area (Å²) in [5, 5.41) is 17.5. The number of ketones is 1. The van der Waals surface area contributed by atoms with Crippen LogP contribution in [0.1, 0.15) is 54.0 Å². The fraction of sp³-hybridized carbons (Fsp3) is 0.333. The Bertz CT molecular complexity index is 1330. The zero-order valence-electron chi connectivity index (χ0n) is 20.2. The molecule has 3 aromatic rings. The van der Waals surface area contributed by atoms with Crippen molar-refractivity contribution in [3.05, 3.63) is 70.1 Å². The van der Waals surface area contributed by atoms with Crippen LogP contribution in [-0.4, -0.2) is 36.9 Å². The van der Waals surface area contributed by atoms with Gasteiger partial charge >= 0.3 is 0 Å². The molecule has 8 nitrogen and oxygen atoms in total. The van der Waals surface area contributed by atoms with Gasteiger partial charge in [-0.15, -0.1) is 0 Å². The van der Waals surface area contributed by atoms with E-state index in [4.69, 9.17) is 18.7 Å². The average Bonchev–Trinajstić information content (AvgIpc) is 3.23. The third-order valence-electron chi connectivity index (χ3n) is 6.75. The summed E-state index contributed by atoms with van der Waals surface area (Å²) in [4.78, 5) is 13.7. The summed E-state index contributed by atoms with van der Waals surface area (Å²) >= 11 is 0. The van der Waals surface area contributed by atoms with Crippen LogP contribution in [0.3, 0.4) is 0 Å². The minimum atomic E-state index is -0.333. The lowest BCUT2D eigenvalue weighted by Gasteiger charge is -2.34. The number of anilines is 1. The standard InChI is InChI=1S/C27H28N2O6/c1-5-34-23-13-16(7-9-21(23)32-3)25-24-14(2)29-35-27(24)28-18-10-17(11-20(31)26(18)25)15-6-8-19(30)22(12-15)33-4/h6-9,12-13,17,25,28,30H,5,10-11H2,1-4H3/t17-,25+/m0/s1. The van der Waals surface area contributed by atoms with Gasteiger partial charge in [-0.3, -0.25) is 4.79 Å². The molecule has 2 N–H and O–H groups in total. The van der Waals surface area contributed by atoms with Gasteiger partial charge in [-0.2, -0.15) is 0 Å². The van der Waals surface area contributed by atoms with Gasteiger partial charge < -0.3 is 29.2 Å². The molecule has 0 radical (unpaired) electrons. The summed E-state index contributed by atoms with van der Waals surface area (Å²) in [5.41, 5.74) is 4.97. The van der Waals surface area contributed by atoms with Crippen molar-refractivity contribution in [1.82, 2.24) is 5.16 Å². The number of methoxy groups -OCH3 is 2. The number of allylic oxidation sites excluding steroid dienone is 2. The van der Waals surface area contributed by atoms with Gasteiger partial charge in [-0.05, 0) is 61.6 Å².